The van der Waals surface area contributed by atoms with E-state index in [0.717, 1.165) is 16.8 Å². The van der Waals surface area contributed by atoms with E-state index in [1.807, 2.05) is 37.3 Å². The van der Waals surface area contributed by atoms with Gasteiger partial charge in [-0.3, -0.25) is 9.78 Å². The summed E-state index contributed by atoms with van der Waals surface area (Å²) in [6, 6.07) is 9.05. The van der Waals surface area contributed by atoms with Crippen molar-refractivity contribution >= 4 is 11.7 Å². The molecular formula is C21H19N5O3. The molecule has 0 radical (unpaired) electrons. The fourth-order valence-corrected chi connectivity index (χ4v) is 3.76. The van der Waals surface area contributed by atoms with Crippen LogP contribution in [0.4, 0.5) is 5.95 Å². The quantitative estimate of drug-likeness (QED) is 0.736. The molecule has 0 bridgehead atoms. The van der Waals surface area contributed by atoms with Gasteiger partial charge in [-0.05, 0) is 43.7 Å². The molecule has 0 amide bonds. The molecule has 1 aromatic carbocycles. The number of anilines is 1. The molecule has 4 heterocycles. The molecule has 2 aromatic heterocycles. The van der Waals surface area contributed by atoms with Crippen molar-refractivity contribution in [3.8, 4) is 22.9 Å². The van der Waals surface area contributed by atoms with Crippen LogP contribution in [0, 0.1) is 0 Å². The predicted molar refractivity (Wildman–Crippen MR) is 106 cm³/mol. The van der Waals surface area contributed by atoms with Gasteiger partial charge in [0.1, 0.15) is 19.3 Å². The van der Waals surface area contributed by atoms with Crippen LogP contribution >= 0.6 is 0 Å². The molecule has 0 aliphatic carbocycles. The topological polar surface area (TPSA) is 91.2 Å². The van der Waals surface area contributed by atoms with E-state index in [9.17, 15) is 4.79 Å². The maximum Gasteiger partial charge on any atom is 0.226 e. The van der Waals surface area contributed by atoms with E-state index in [1.165, 1.54) is 0 Å². The van der Waals surface area contributed by atoms with Gasteiger partial charge in [0.15, 0.2) is 23.1 Å². The maximum absolute atomic E-state index is 12.5. The Balaban J connectivity index is 1.66. The average molecular weight is 389 g/mol. The lowest BCUT2D eigenvalue weighted by Gasteiger charge is -2.29. The Bertz CT molecular complexity index is 1140. The Kier molecular flexibility index (Phi) is 4.04. The second-order valence-electron chi connectivity index (χ2n) is 6.97. The second-order valence-corrected chi connectivity index (χ2v) is 6.97. The first-order valence-electron chi connectivity index (χ1n) is 9.37. The third-order valence-corrected chi connectivity index (χ3v) is 5.03. The number of allylic oxidation sites excluding steroid dienone is 2. The average Bonchev–Trinajstić information content (AvgIpc) is 3.16. The number of ketones is 1. The highest BCUT2D eigenvalue weighted by Crippen LogP contribution is 2.40. The van der Waals surface area contributed by atoms with Gasteiger partial charge in [-0.1, -0.05) is 6.07 Å². The van der Waals surface area contributed by atoms with E-state index in [0.29, 0.717) is 42.1 Å². The summed E-state index contributed by atoms with van der Waals surface area (Å²) >= 11 is 0. The third kappa shape index (κ3) is 2.93. The molecule has 0 spiro atoms. The summed E-state index contributed by atoms with van der Waals surface area (Å²) in [5.41, 5.74) is 3.08. The highest BCUT2D eigenvalue weighted by Gasteiger charge is 2.33. The van der Waals surface area contributed by atoms with Crippen LogP contribution in [-0.2, 0) is 4.79 Å². The molecule has 1 N–H and O–H groups in total. The van der Waals surface area contributed by atoms with Crippen molar-refractivity contribution in [3.63, 3.8) is 0 Å². The molecule has 0 saturated carbocycles. The van der Waals surface area contributed by atoms with Crippen molar-refractivity contribution in [2.24, 2.45) is 0 Å². The molecule has 0 saturated heterocycles. The minimum absolute atomic E-state index is 0.0287. The maximum atomic E-state index is 12.5. The van der Waals surface area contributed by atoms with Crippen LogP contribution < -0.4 is 14.8 Å². The van der Waals surface area contributed by atoms with Gasteiger partial charge < -0.3 is 14.8 Å². The van der Waals surface area contributed by atoms with Crippen LogP contribution in [-0.4, -0.2) is 38.7 Å². The molecule has 1 atom stereocenters. The molecule has 5 rings (SSSR count). The van der Waals surface area contributed by atoms with Crippen molar-refractivity contribution < 1.29 is 14.3 Å². The number of carbonyl (C=O) groups is 1. The number of nitrogens with zero attached hydrogens (tertiary/aromatic N) is 4. The van der Waals surface area contributed by atoms with E-state index in [4.69, 9.17) is 14.6 Å². The van der Waals surface area contributed by atoms with E-state index in [-0.39, 0.29) is 5.78 Å². The number of Topliss-reactive ketones (excluding diaryl/α,β-unsaturated/α-hetero) is 1. The normalized spacial score (nSPS) is 17.5. The van der Waals surface area contributed by atoms with Gasteiger partial charge in [0.05, 0.1) is 0 Å². The minimum atomic E-state index is -0.419. The number of hydrogen-bond acceptors (Lipinski definition) is 7. The number of carbonyl (C=O) groups excluding carboxylic acids is 1. The number of nitrogens with one attached hydrogen (secondary N) is 1. The lowest BCUT2D eigenvalue weighted by atomic mass is 9.93. The molecule has 8 nitrogen and oxygen atoms in total. The zero-order chi connectivity index (χ0) is 20.0. The number of hydrogen-bond donors (Lipinski definition) is 1. The van der Waals surface area contributed by atoms with E-state index < -0.39 is 6.04 Å². The molecule has 2 aliphatic heterocycles. The first-order valence-corrected chi connectivity index (χ1v) is 9.37. The Morgan fingerprint density at radius 3 is 2.79 bits per heavy atom. The zero-order valence-corrected chi connectivity index (χ0v) is 16.0. The molecule has 0 fully saturated rings. The van der Waals surface area contributed by atoms with Crippen LogP contribution in [0.5, 0.6) is 11.5 Å². The Morgan fingerprint density at radius 1 is 1.21 bits per heavy atom. The number of ether oxygens (including phenoxy) is 2. The van der Waals surface area contributed by atoms with Crippen molar-refractivity contribution in [2.45, 2.75) is 19.9 Å². The molecule has 146 valence electrons. The van der Waals surface area contributed by atoms with E-state index in [1.54, 1.807) is 24.0 Å². The first-order chi connectivity index (χ1) is 14.1. The monoisotopic (exact) mass is 389 g/mol. The highest BCUT2D eigenvalue weighted by molar-refractivity contribution is 5.96. The van der Waals surface area contributed by atoms with Crippen molar-refractivity contribution in [1.29, 1.82) is 0 Å². The summed E-state index contributed by atoms with van der Waals surface area (Å²) < 4.78 is 13.1. The molecular weight excluding hydrogens is 370 g/mol. The fourth-order valence-electron chi connectivity index (χ4n) is 3.76. The fraction of sp³-hybridized carbons (Fsp3) is 0.238. The number of fused-ring (bicyclic) bond motifs is 2. The van der Waals surface area contributed by atoms with Gasteiger partial charge in [-0.2, -0.15) is 4.98 Å². The first kappa shape index (κ1) is 17.4. The lowest BCUT2D eigenvalue weighted by molar-refractivity contribution is -0.114. The zero-order valence-electron chi connectivity index (χ0n) is 16.0. The minimum Gasteiger partial charge on any atom is -0.486 e. The molecule has 29 heavy (non-hydrogen) atoms. The lowest BCUT2D eigenvalue weighted by Crippen LogP contribution is -2.28. The third-order valence-electron chi connectivity index (χ3n) is 5.03. The van der Waals surface area contributed by atoms with Gasteiger partial charge >= 0.3 is 0 Å². The SMILES string of the molecule is CC(=O)C1=C(C)Nc2nc(-c3cccnc3)nn2C1c1ccc2c(c1)OCCO2. The standard InChI is InChI=1S/C21H19N5O3/c1-12-18(13(2)27)19(14-5-6-16-17(10-14)29-9-8-28-16)26-21(23-12)24-20(25-26)15-4-3-7-22-11-15/h3-7,10-11,19H,8-9H2,1-2H3,(H,23,24,25). The molecule has 1 unspecified atom stereocenters. The summed E-state index contributed by atoms with van der Waals surface area (Å²) in [4.78, 5) is 21.3. The van der Waals surface area contributed by atoms with Crippen molar-refractivity contribution in [2.75, 3.05) is 18.5 Å². The molecule has 3 aromatic rings. The van der Waals surface area contributed by atoms with Crippen LogP contribution in [0.1, 0.15) is 25.5 Å². The smallest absolute Gasteiger partial charge is 0.226 e. The van der Waals surface area contributed by atoms with Crippen LogP contribution in [0.3, 0.4) is 0 Å². The van der Waals surface area contributed by atoms with Crippen LogP contribution in [0.2, 0.25) is 0 Å². The summed E-state index contributed by atoms with van der Waals surface area (Å²) in [5.74, 6) is 2.46. The van der Waals surface area contributed by atoms with E-state index >= 15 is 0 Å². The highest BCUT2D eigenvalue weighted by atomic mass is 16.6. The number of rotatable bonds is 3. The molecule has 8 heteroatoms. The second kappa shape index (κ2) is 6.73. The van der Waals surface area contributed by atoms with Gasteiger partial charge in [0, 0.05) is 29.2 Å². The molecule has 2 aliphatic rings. The number of pyridine rings is 1. The van der Waals surface area contributed by atoms with Crippen LogP contribution in [0.25, 0.3) is 11.4 Å². The van der Waals surface area contributed by atoms with Gasteiger partial charge in [-0.25, -0.2) is 4.68 Å². The summed E-state index contributed by atoms with van der Waals surface area (Å²) in [7, 11) is 0. The van der Waals surface area contributed by atoms with Gasteiger partial charge in [0.25, 0.3) is 0 Å². The predicted octanol–water partition coefficient (Wildman–Crippen LogP) is 2.99. The Hall–Kier alpha value is -3.68. The number of benzene rings is 1. The summed E-state index contributed by atoms with van der Waals surface area (Å²) in [5, 5.41) is 7.92. The van der Waals surface area contributed by atoms with E-state index in [2.05, 4.69) is 15.3 Å². The summed E-state index contributed by atoms with van der Waals surface area (Å²) in [6.07, 6.45) is 3.42. The van der Waals surface area contributed by atoms with Crippen molar-refractivity contribution in [1.82, 2.24) is 19.7 Å². The Morgan fingerprint density at radius 2 is 2.03 bits per heavy atom. The number of aromatic nitrogens is 4. The van der Waals surface area contributed by atoms with Gasteiger partial charge in [-0.15, -0.1) is 5.10 Å². The van der Waals surface area contributed by atoms with Crippen molar-refractivity contribution in [3.05, 3.63) is 59.6 Å². The largest absolute Gasteiger partial charge is 0.486 e. The Labute approximate surface area is 167 Å². The van der Waals surface area contributed by atoms with Gasteiger partial charge in [0.2, 0.25) is 5.95 Å². The summed E-state index contributed by atoms with van der Waals surface area (Å²) in [6.45, 7) is 4.47. The van der Waals surface area contributed by atoms with Crippen LogP contribution in [0.15, 0.2) is 54.0 Å².